The van der Waals surface area contributed by atoms with Gasteiger partial charge in [-0.05, 0) is 43.7 Å². The molecule has 0 spiro atoms. The number of esters is 1. The minimum Gasteiger partial charge on any atom is -0.462 e. The van der Waals surface area contributed by atoms with Crippen LogP contribution in [0.3, 0.4) is 0 Å². The molecule has 0 bridgehead atoms. The number of carbonyl (C=O) groups excluding carboxylic acids is 1. The summed E-state index contributed by atoms with van der Waals surface area (Å²) in [6, 6.07) is 15.5. The number of carbonyl (C=O) groups is 1. The molecule has 0 unspecified atom stereocenters. The van der Waals surface area contributed by atoms with Gasteiger partial charge in [-0.1, -0.05) is 40.2 Å². The molecule has 0 aliphatic heterocycles. The molecule has 0 saturated carbocycles. The fraction of sp³-hybridized carbons (Fsp3) is 0.235. The Morgan fingerprint density at radius 2 is 2.00 bits per heavy atom. The van der Waals surface area contributed by atoms with E-state index in [1.54, 1.807) is 6.07 Å². The molecule has 0 aliphatic carbocycles. The van der Waals surface area contributed by atoms with E-state index in [0.29, 0.717) is 12.2 Å². The van der Waals surface area contributed by atoms with E-state index in [9.17, 15) is 4.79 Å². The van der Waals surface area contributed by atoms with E-state index in [1.807, 2.05) is 56.3 Å². The number of ether oxygens (including phenoxy) is 1. The Kier molecular flexibility index (Phi) is 5.39. The lowest BCUT2D eigenvalue weighted by Gasteiger charge is -2.18. The van der Waals surface area contributed by atoms with Gasteiger partial charge in [0.25, 0.3) is 0 Å². The Balaban J connectivity index is 2.23. The minimum atomic E-state index is -0.281. The summed E-state index contributed by atoms with van der Waals surface area (Å²) >= 11 is 3.45. The maximum absolute atomic E-state index is 12.0. The third kappa shape index (κ3) is 4.08. The van der Waals surface area contributed by atoms with E-state index in [-0.39, 0.29) is 12.0 Å². The lowest BCUT2D eigenvalue weighted by Crippen LogP contribution is -2.14. The molecule has 110 valence electrons. The van der Waals surface area contributed by atoms with Crippen molar-refractivity contribution in [2.24, 2.45) is 0 Å². The maximum Gasteiger partial charge on any atom is 0.338 e. The first-order valence-electron chi connectivity index (χ1n) is 6.90. The van der Waals surface area contributed by atoms with Gasteiger partial charge in [-0.15, -0.1) is 0 Å². The van der Waals surface area contributed by atoms with Crippen LogP contribution in [0.4, 0.5) is 5.69 Å². The largest absolute Gasteiger partial charge is 0.462 e. The normalized spacial score (nSPS) is 11.8. The van der Waals surface area contributed by atoms with Gasteiger partial charge in [-0.2, -0.15) is 0 Å². The van der Waals surface area contributed by atoms with Gasteiger partial charge < -0.3 is 10.1 Å². The maximum atomic E-state index is 12.0. The van der Waals surface area contributed by atoms with Crippen molar-refractivity contribution in [3.8, 4) is 0 Å². The summed E-state index contributed by atoms with van der Waals surface area (Å²) in [4.78, 5) is 12.0. The Labute approximate surface area is 133 Å². The zero-order valence-corrected chi connectivity index (χ0v) is 13.7. The molecular weight excluding hydrogens is 330 g/mol. The third-order valence-electron chi connectivity index (χ3n) is 3.13. The average molecular weight is 348 g/mol. The summed E-state index contributed by atoms with van der Waals surface area (Å²) in [6.07, 6.45) is 0. The third-order valence-corrected chi connectivity index (χ3v) is 3.62. The van der Waals surface area contributed by atoms with Crippen LogP contribution in [-0.2, 0) is 4.74 Å². The van der Waals surface area contributed by atoms with E-state index in [1.165, 1.54) is 0 Å². The molecule has 0 amide bonds. The van der Waals surface area contributed by atoms with E-state index < -0.39 is 0 Å². The van der Waals surface area contributed by atoms with Crippen LogP contribution in [0.2, 0.25) is 0 Å². The van der Waals surface area contributed by atoms with Gasteiger partial charge in [0.05, 0.1) is 12.2 Å². The summed E-state index contributed by atoms with van der Waals surface area (Å²) in [5, 5.41) is 3.40. The number of nitrogens with one attached hydrogen (secondary N) is 1. The summed E-state index contributed by atoms with van der Waals surface area (Å²) in [6.45, 7) is 4.21. The van der Waals surface area contributed by atoms with Crippen molar-refractivity contribution in [2.75, 3.05) is 11.9 Å². The van der Waals surface area contributed by atoms with Crippen LogP contribution >= 0.6 is 15.9 Å². The van der Waals surface area contributed by atoms with Crippen molar-refractivity contribution < 1.29 is 9.53 Å². The zero-order valence-electron chi connectivity index (χ0n) is 12.1. The molecule has 0 heterocycles. The molecule has 21 heavy (non-hydrogen) atoms. The van der Waals surface area contributed by atoms with E-state index in [0.717, 1.165) is 15.7 Å². The highest BCUT2D eigenvalue weighted by Gasteiger charge is 2.16. The highest BCUT2D eigenvalue weighted by molar-refractivity contribution is 9.10. The number of halogens is 1. The van der Waals surface area contributed by atoms with Crippen molar-refractivity contribution in [3.05, 3.63) is 64.1 Å². The molecule has 2 aromatic carbocycles. The molecule has 1 atom stereocenters. The first-order chi connectivity index (χ1) is 10.1. The molecule has 4 heteroatoms. The van der Waals surface area contributed by atoms with E-state index in [2.05, 4.69) is 21.2 Å². The van der Waals surface area contributed by atoms with Crippen molar-refractivity contribution in [1.29, 1.82) is 0 Å². The van der Waals surface area contributed by atoms with Crippen molar-refractivity contribution in [2.45, 2.75) is 19.9 Å². The van der Waals surface area contributed by atoms with Gasteiger partial charge in [-0.3, -0.25) is 0 Å². The molecule has 0 radical (unpaired) electrons. The fourth-order valence-corrected chi connectivity index (χ4v) is 2.57. The van der Waals surface area contributed by atoms with Gasteiger partial charge in [0.1, 0.15) is 0 Å². The molecule has 0 aliphatic rings. The Morgan fingerprint density at radius 3 is 2.71 bits per heavy atom. The monoisotopic (exact) mass is 347 g/mol. The number of hydrogen-bond donors (Lipinski definition) is 1. The lowest BCUT2D eigenvalue weighted by atomic mass is 10.0. The first-order valence-corrected chi connectivity index (χ1v) is 7.69. The van der Waals surface area contributed by atoms with Gasteiger partial charge in [0.2, 0.25) is 0 Å². The molecule has 2 rings (SSSR count). The summed E-state index contributed by atoms with van der Waals surface area (Å²) in [7, 11) is 0. The Bertz CT molecular complexity index is 628. The van der Waals surface area contributed by atoms with E-state index >= 15 is 0 Å². The predicted molar refractivity (Wildman–Crippen MR) is 88.6 cm³/mol. The molecular formula is C17H18BrNO2. The van der Waals surface area contributed by atoms with Crippen LogP contribution < -0.4 is 5.32 Å². The number of hydrogen-bond acceptors (Lipinski definition) is 3. The van der Waals surface area contributed by atoms with Crippen molar-refractivity contribution >= 4 is 27.6 Å². The van der Waals surface area contributed by atoms with Crippen LogP contribution in [0.5, 0.6) is 0 Å². The zero-order chi connectivity index (χ0) is 15.2. The molecule has 1 N–H and O–H groups in total. The number of benzene rings is 2. The van der Waals surface area contributed by atoms with E-state index in [4.69, 9.17) is 4.74 Å². The second-order valence-corrected chi connectivity index (χ2v) is 5.60. The van der Waals surface area contributed by atoms with Crippen molar-refractivity contribution in [1.82, 2.24) is 0 Å². The van der Waals surface area contributed by atoms with Crippen LogP contribution in [-0.4, -0.2) is 12.6 Å². The number of rotatable bonds is 5. The van der Waals surface area contributed by atoms with Crippen LogP contribution in [0.1, 0.15) is 35.8 Å². The Hall–Kier alpha value is -1.81. The molecule has 2 aromatic rings. The molecule has 0 aromatic heterocycles. The topological polar surface area (TPSA) is 38.3 Å². The van der Waals surface area contributed by atoms with Gasteiger partial charge in [0, 0.05) is 16.2 Å². The Morgan fingerprint density at radius 1 is 1.24 bits per heavy atom. The number of anilines is 1. The molecule has 0 fully saturated rings. The highest BCUT2D eigenvalue weighted by Crippen LogP contribution is 2.24. The second-order valence-electron chi connectivity index (χ2n) is 4.68. The van der Waals surface area contributed by atoms with Crippen molar-refractivity contribution in [3.63, 3.8) is 0 Å². The molecule has 3 nitrogen and oxygen atoms in total. The second kappa shape index (κ2) is 7.27. The minimum absolute atomic E-state index is 0.0000869. The lowest BCUT2D eigenvalue weighted by molar-refractivity contribution is 0.0524. The van der Waals surface area contributed by atoms with Gasteiger partial charge >= 0.3 is 5.97 Å². The molecule has 0 saturated heterocycles. The standard InChI is InChI=1S/C17H18BrNO2/c1-3-21-17(20)16-10-5-4-9-15(16)12(2)19-14-8-6-7-13(18)11-14/h4-12,19H,3H2,1-2H3/t12-/m0/s1. The smallest absolute Gasteiger partial charge is 0.338 e. The quantitative estimate of drug-likeness (QED) is 0.789. The van der Waals surface area contributed by atoms with Gasteiger partial charge in [-0.25, -0.2) is 4.79 Å². The van der Waals surface area contributed by atoms with Crippen LogP contribution in [0.15, 0.2) is 53.0 Å². The summed E-state index contributed by atoms with van der Waals surface area (Å²) in [5.74, 6) is -0.281. The summed E-state index contributed by atoms with van der Waals surface area (Å²) < 4.78 is 6.13. The average Bonchev–Trinajstić information content (AvgIpc) is 2.47. The summed E-state index contributed by atoms with van der Waals surface area (Å²) in [5.41, 5.74) is 2.53. The highest BCUT2D eigenvalue weighted by atomic mass is 79.9. The first kappa shape index (κ1) is 15.6. The van der Waals surface area contributed by atoms with Crippen LogP contribution in [0, 0.1) is 0 Å². The SMILES string of the molecule is CCOC(=O)c1ccccc1[C@H](C)Nc1cccc(Br)c1. The van der Waals surface area contributed by atoms with Gasteiger partial charge in [0.15, 0.2) is 0 Å². The predicted octanol–water partition coefficient (Wildman–Crippen LogP) is 4.80. The van der Waals surface area contributed by atoms with Crippen LogP contribution in [0.25, 0.3) is 0 Å². The fourth-order valence-electron chi connectivity index (χ4n) is 2.18.